The summed E-state index contributed by atoms with van der Waals surface area (Å²) in [5.41, 5.74) is 2.43. The number of rotatable bonds is 8. The first-order chi connectivity index (χ1) is 13.2. The molecule has 0 saturated heterocycles. The second-order valence-corrected chi connectivity index (χ2v) is 5.48. The molecule has 0 aromatic heterocycles. The van der Waals surface area contributed by atoms with E-state index in [1.165, 1.54) is 6.20 Å². The van der Waals surface area contributed by atoms with E-state index in [-0.39, 0.29) is 18.8 Å². The molecule has 0 unspecified atom stereocenters. The van der Waals surface area contributed by atoms with Crippen LogP contribution in [-0.2, 0) is 19.1 Å². The number of hydrogen-bond acceptors (Lipinski definition) is 5. The number of nitrogens with one attached hydrogen (secondary N) is 1. The van der Waals surface area contributed by atoms with Crippen LogP contribution in [0.4, 0.5) is 0 Å². The van der Waals surface area contributed by atoms with Crippen LogP contribution < -0.4 is 5.32 Å². The van der Waals surface area contributed by atoms with Crippen molar-refractivity contribution < 1.29 is 19.1 Å². The van der Waals surface area contributed by atoms with Crippen LogP contribution in [0.3, 0.4) is 0 Å². The molecule has 0 fully saturated rings. The fourth-order valence-electron chi connectivity index (χ4n) is 2.31. The summed E-state index contributed by atoms with van der Waals surface area (Å²) in [4.78, 5) is 24.2. The number of esters is 2. The van der Waals surface area contributed by atoms with E-state index in [1.54, 1.807) is 13.8 Å². The zero-order valence-corrected chi connectivity index (χ0v) is 15.5. The van der Waals surface area contributed by atoms with Gasteiger partial charge in [-0.25, -0.2) is 9.59 Å². The molecule has 2 aromatic carbocycles. The lowest BCUT2D eigenvalue weighted by molar-refractivity contribution is -0.146. The molecule has 0 aliphatic rings. The molecule has 0 aliphatic carbocycles. The molecule has 2 rings (SSSR count). The number of carbonyl (C=O) groups is 2. The predicted octanol–water partition coefficient (Wildman–Crippen LogP) is 3.78. The summed E-state index contributed by atoms with van der Waals surface area (Å²) in [7, 11) is 0. The predicted molar refractivity (Wildman–Crippen MR) is 105 cm³/mol. The van der Waals surface area contributed by atoms with Gasteiger partial charge in [0.1, 0.15) is 0 Å². The highest BCUT2D eigenvalue weighted by Gasteiger charge is 2.21. The maximum absolute atomic E-state index is 12.1. The number of benzene rings is 2. The van der Waals surface area contributed by atoms with E-state index in [1.807, 2.05) is 66.7 Å². The van der Waals surface area contributed by atoms with Crippen LogP contribution >= 0.6 is 0 Å². The molecule has 0 heterocycles. The smallest absolute Gasteiger partial charge is 0.347 e. The Labute approximate surface area is 159 Å². The van der Waals surface area contributed by atoms with Crippen molar-refractivity contribution in [3.8, 4) is 0 Å². The van der Waals surface area contributed by atoms with Crippen LogP contribution in [0.15, 0.2) is 72.4 Å². The minimum absolute atomic E-state index is 0.168. The van der Waals surface area contributed by atoms with Crippen LogP contribution in [0, 0.1) is 0 Å². The van der Waals surface area contributed by atoms with Crippen LogP contribution in [0.1, 0.15) is 25.0 Å². The maximum atomic E-state index is 12.1. The second kappa shape index (κ2) is 10.6. The van der Waals surface area contributed by atoms with Crippen molar-refractivity contribution in [2.45, 2.75) is 13.8 Å². The van der Waals surface area contributed by atoms with Crippen LogP contribution in [0.25, 0.3) is 11.8 Å². The Morgan fingerprint density at radius 1 is 0.852 bits per heavy atom. The van der Waals surface area contributed by atoms with Gasteiger partial charge in [0.25, 0.3) is 0 Å². The van der Waals surface area contributed by atoms with Gasteiger partial charge in [0.2, 0.25) is 0 Å². The summed E-state index contributed by atoms with van der Waals surface area (Å²) in [6.07, 6.45) is 3.26. The van der Waals surface area contributed by atoms with Gasteiger partial charge in [0, 0.05) is 11.9 Å². The molecular formula is C22H23NO4. The summed E-state index contributed by atoms with van der Waals surface area (Å²) in [5, 5.41) is 3.06. The van der Waals surface area contributed by atoms with Crippen molar-refractivity contribution in [1.82, 2.24) is 5.32 Å². The van der Waals surface area contributed by atoms with Gasteiger partial charge in [0.15, 0.2) is 5.57 Å². The van der Waals surface area contributed by atoms with Crippen molar-refractivity contribution in [3.63, 3.8) is 0 Å². The van der Waals surface area contributed by atoms with Gasteiger partial charge >= 0.3 is 11.9 Å². The molecule has 5 nitrogen and oxygen atoms in total. The van der Waals surface area contributed by atoms with Gasteiger partial charge in [-0.15, -0.1) is 0 Å². The largest absolute Gasteiger partial charge is 0.462 e. The third kappa shape index (κ3) is 6.15. The molecular weight excluding hydrogens is 342 g/mol. The lowest BCUT2D eigenvalue weighted by Crippen LogP contribution is -2.21. The lowest BCUT2D eigenvalue weighted by atomic mass is 10.1. The summed E-state index contributed by atoms with van der Waals surface area (Å²) < 4.78 is 9.92. The van der Waals surface area contributed by atoms with Crippen molar-refractivity contribution >= 4 is 23.7 Å². The fraction of sp³-hybridized carbons (Fsp3) is 0.182. The molecule has 0 bridgehead atoms. The van der Waals surface area contributed by atoms with Crippen LogP contribution in [0.5, 0.6) is 0 Å². The van der Waals surface area contributed by atoms with E-state index in [2.05, 4.69) is 5.32 Å². The van der Waals surface area contributed by atoms with Gasteiger partial charge in [0.05, 0.1) is 13.2 Å². The molecule has 27 heavy (non-hydrogen) atoms. The highest BCUT2D eigenvalue weighted by atomic mass is 16.6. The maximum Gasteiger partial charge on any atom is 0.347 e. The summed E-state index contributed by atoms with van der Waals surface area (Å²) in [6, 6.07) is 19.4. The van der Waals surface area contributed by atoms with Crippen LogP contribution in [0.2, 0.25) is 0 Å². The van der Waals surface area contributed by atoms with Gasteiger partial charge in [-0.2, -0.15) is 0 Å². The third-order valence-electron chi connectivity index (χ3n) is 3.56. The average molecular weight is 365 g/mol. The molecule has 1 N–H and O–H groups in total. The highest BCUT2D eigenvalue weighted by Crippen LogP contribution is 2.16. The Morgan fingerprint density at radius 3 is 1.89 bits per heavy atom. The zero-order chi connectivity index (χ0) is 19.5. The summed E-state index contributed by atoms with van der Waals surface area (Å²) in [5.74, 6) is -1.45. The van der Waals surface area contributed by atoms with Gasteiger partial charge in [-0.1, -0.05) is 60.7 Å². The Bertz CT molecular complexity index is 791. The minimum Gasteiger partial charge on any atom is -0.462 e. The fourth-order valence-corrected chi connectivity index (χ4v) is 2.31. The van der Waals surface area contributed by atoms with Crippen molar-refractivity contribution in [1.29, 1.82) is 0 Å². The SMILES string of the molecule is CCOC(=O)C(=CN/C(=C\c1ccccc1)c1ccccc1)C(=O)OCC. The summed E-state index contributed by atoms with van der Waals surface area (Å²) in [6.45, 7) is 3.69. The van der Waals surface area contributed by atoms with Crippen molar-refractivity contribution in [3.05, 3.63) is 83.6 Å². The normalized spacial score (nSPS) is 10.7. The number of carbonyl (C=O) groups excluding carboxylic acids is 2. The van der Waals surface area contributed by atoms with Gasteiger partial charge in [-0.3, -0.25) is 0 Å². The van der Waals surface area contributed by atoms with E-state index in [4.69, 9.17) is 9.47 Å². The molecule has 0 saturated carbocycles. The number of ether oxygens (including phenoxy) is 2. The molecule has 0 spiro atoms. The quantitative estimate of drug-likeness (QED) is 0.254. The second-order valence-electron chi connectivity index (χ2n) is 5.48. The molecule has 0 amide bonds. The van der Waals surface area contributed by atoms with Gasteiger partial charge < -0.3 is 14.8 Å². The van der Waals surface area contributed by atoms with E-state index < -0.39 is 11.9 Å². The first-order valence-electron chi connectivity index (χ1n) is 8.78. The van der Waals surface area contributed by atoms with Crippen LogP contribution in [-0.4, -0.2) is 25.2 Å². The molecule has 0 radical (unpaired) electrons. The molecule has 5 heteroatoms. The first-order valence-corrected chi connectivity index (χ1v) is 8.78. The van der Waals surface area contributed by atoms with E-state index in [0.29, 0.717) is 0 Å². The topological polar surface area (TPSA) is 64.6 Å². The zero-order valence-electron chi connectivity index (χ0n) is 15.5. The van der Waals surface area contributed by atoms with E-state index >= 15 is 0 Å². The van der Waals surface area contributed by atoms with E-state index in [9.17, 15) is 9.59 Å². The Kier molecular flexibility index (Phi) is 7.85. The summed E-state index contributed by atoms with van der Waals surface area (Å²) >= 11 is 0. The molecule has 0 atom stereocenters. The Morgan fingerprint density at radius 2 is 1.37 bits per heavy atom. The Balaban J connectivity index is 2.37. The molecule has 0 aliphatic heterocycles. The molecule has 2 aromatic rings. The van der Waals surface area contributed by atoms with E-state index in [0.717, 1.165) is 16.8 Å². The van der Waals surface area contributed by atoms with Crippen molar-refractivity contribution in [2.24, 2.45) is 0 Å². The minimum atomic E-state index is -0.726. The lowest BCUT2D eigenvalue weighted by Gasteiger charge is -2.11. The third-order valence-corrected chi connectivity index (χ3v) is 3.56. The highest BCUT2D eigenvalue weighted by molar-refractivity contribution is 6.14. The number of hydrogen-bond donors (Lipinski definition) is 1. The molecule has 140 valence electrons. The monoisotopic (exact) mass is 365 g/mol. The standard InChI is InChI=1S/C22H23NO4/c1-3-26-21(24)19(22(25)27-4-2)16-23-20(18-13-9-6-10-14-18)15-17-11-7-5-8-12-17/h5-16,23H,3-4H2,1-2H3/b20-15-. The Hall–Kier alpha value is -3.34. The van der Waals surface area contributed by atoms with Crippen molar-refractivity contribution in [2.75, 3.05) is 13.2 Å². The first kappa shape index (κ1) is 20.0. The average Bonchev–Trinajstić information content (AvgIpc) is 2.69. The van der Waals surface area contributed by atoms with Gasteiger partial charge in [-0.05, 0) is 31.1 Å².